The molecule has 1 aliphatic rings. The largest absolute Gasteiger partial charge is 0.379 e. The number of ether oxygens (including phenoxy) is 1. The van der Waals surface area contributed by atoms with Gasteiger partial charge in [0.1, 0.15) is 11.4 Å². The van der Waals surface area contributed by atoms with Gasteiger partial charge >= 0.3 is 0 Å². The van der Waals surface area contributed by atoms with Crippen LogP contribution in [0.4, 0.5) is 5.82 Å². The van der Waals surface area contributed by atoms with Gasteiger partial charge < -0.3 is 15.8 Å². The Morgan fingerprint density at radius 2 is 2.47 bits per heavy atom. The molecule has 1 fully saturated rings. The molecule has 1 saturated heterocycles. The third-order valence-electron chi connectivity index (χ3n) is 2.41. The van der Waals surface area contributed by atoms with Gasteiger partial charge in [0, 0.05) is 12.8 Å². The lowest BCUT2D eigenvalue weighted by Gasteiger charge is -2.19. The summed E-state index contributed by atoms with van der Waals surface area (Å²) in [6.45, 7) is 0.803. The van der Waals surface area contributed by atoms with E-state index in [0.29, 0.717) is 18.8 Å². The van der Waals surface area contributed by atoms with Crippen LogP contribution >= 0.6 is 0 Å². The maximum atomic E-state index is 11.8. The molecule has 0 radical (unpaired) electrons. The Morgan fingerprint density at radius 1 is 1.60 bits per heavy atom. The minimum atomic E-state index is -0.905. The van der Waals surface area contributed by atoms with Crippen LogP contribution in [0.3, 0.4) is 0 Å². The highest BCUT2D eigenvalue weighted by molar-refractivity contribution is 5.97. The van der Waals surface area contributed by atoms with Crippen LogP contribution in [0.25, 0.3) is 0 Å². The van der Waals surface area contributed by atoms with Gasteiger partial charge in [0.2, 0.25) is 5.91 Å². The Kier molecular flexibility index (Phi) is 2.66. The van der Waals surface area contributed by atoms with E-state index >= 15 is 0 Å². The Labute approximate surface area is 87.6 Å². The molecule has 5 heteroatoms. The number of amides is 1. The minimum absolute atomic E-state index is 0.237. The predicted molar refractivity (Wildman–Crippen MR) is 55.2 cm³/mol. The summed E-state index contributed by atoms with van der Waals surface area (Å²) in [5, 5.41) is 2.67. The zero-order valence-electron chi connectivity index (χ0n) is 8.27. The summed E-state index contributed by atoms with van der Waals surface area (Å²) in [7, 11) is 0. The first-order chi connectivity index (χ1) is 7.21. The van der Waals surface area contributed by atoms with Gasteiger partial charge in [0.05, 0.1) is 6.61 Å². The van der Waals surface area contributed by atoms with Gasteiger partial charge in [-0.1, -0.05) is 6.07 Å². The van der Waals surface area contributed by atoms with Gasteiger partial charge in [-0.05, 0) is 18.6 Å². The number of nitrogens with two attached hydrogens (primary N) is 1. The summed E-state index contributed by atoms with van der Waals surface area (Å²) in [6.07, 6.45) is 2.16. The van der Waals surface area contributed by atoms with E-state index in [4.69, 9.17) is 10.5 Å². The van der Waals surface area contributed by atoms with Crippen molar-refractivity contribution >= 4 is 11.7 Å². The van der Waals surface area contributed by atoms with Gasteiger partial charge in [0.15, 0.2) is 0 Å². The normalized spacial score (nSPS) is 25.1. The van der Waals surface area contributed by atoms with E-state index < -0.39 is 5.54 Å². The van der Waals surface area contributed by atoms with Gasteiger partial charge in [-0.3, -0.25) is 4.79 Å². The number of hydrogen-bond acceptors (Lipinski definition) is 4. The summed E-state index contributed by atoms with van der Waals surface area (Å²) in [4.78, 5) is 15.8. The average molecular weight is 207 g/mol. The van der Waals surface area contributed by atoms with Crippen LogP contribution in [0.2, 0.25) is 0 Å². The van der Waals surface area contributed by atoms with E-state index in [0.717, 1.165) is 0 Å². The van der Waals surface area contributed by atoms with E-state index in [1.54, 1.807) is 24.4 Å². The van der Waals surface area contributed by atoms with E-state index in [1.165, 1.54) is 0 Å². The molecule has 80 valence electrons. The van der Waals surface area contributed by atoms with Crippen molar-refractivity contribution in [1.82, 2.24) is 4.98 Å². The Morgan fingerprint density at radius 3 is 3.07 bits per heavy atom. The number of anilines is 1. The lowest BCUT2D eigenvalue weighted by molar-refractivity contribution is -0.121. The van der Waals surface area contributed by atoms with Gasteiger partial charge in [-0.2, -0.15) is 0 Å². The van der Waals surface area contributed by atoms with Crippen LogP contribution in [-0.2, 0) is 9.53 Å². The lowest BCUT2D eigenvalue weighted by atomic mass is 9.99. The van der Waals surface area contributed by atoms with Crippen molar-refractivity contribution in [3.8, 4) is 0 Å². The molecule has 0 aromatic carbocycles. The summed E-state index contributed by atoms with van der Waals surface area (Å²) < 4.78 is 5.11. The minimum Gasteiger partial charge on any atom is -0.379 e. The average Bonchev–Trinajstić information content (AvgIpc) is 2.68. The number of hydrogen-bond donors (Lipinski definition) is 2. The Balaban J connectivity index is 2.04. The first-order valence-corrected chi connectivity index (χ1v) is 4.80. The van der Waals surface area contributed by atoms with Crippen molar-refractivity contribution in [2.75, 3.05) is 18.5 Å². The standard InChI is InChI=1S/C10H13N3O2/c11-10(4-6-15-7-10)9(14)13-8-3-1-2-5-12-8/h1-3,5H,4,6-7,11H2,(H,12,13,14). The number of carbonyl (C=O) groups excluding carboxylic acids is 1. The van der Waals surface area contributed by atoms with Crippen LogP contribution in [0.5, 0.6) is 0 Å². The van der Waals surface area contributed by atoms with Crippen molar-refractivity contribution in [3.63, 3.8) is 0 Å². The second kappa shape index (κ2) is 3.96. The van der Waals surface area contributed by atoms with Crippen LogP contribution in [-0.4, -0.2) is 29.6 Å². The van der Waals surface area contributed by atoms with Crippen molar-refractivity contribution in [1.29, 1.82) is 0 Å². The van der Waals surface area contributed by atoms with Crippen molar-refractivity contribution in [2.45, 2.75) is 12.0 Å². The highest BCUT2D eigenvalue weighted by Gasteiger charge is 2.38. The number of rotatable bonds is 2. The maximum Gasteiger partial charge on any atom is 0.248 e. The van der Waals surface area contributed by atoms with E-state index in [9.17, 15) is 4.79 Å². The van der Waals surface area contributed by atoms with Crippen molar-refractivity contribution < 1.29 is 9.53 Å². The number of nitrogens with one attached hydrogen (secondary N) is 1. The summed E-state index contributed by atoms with van der Waals surface area (Å²) in [6, 6.07) is 5.31. The third-order valence-corrected chi connectivity index (χ3v) is 2.41. The molecule has 0 spiro atoms. The molecule has 1 aliphatic heterocycles. The molecule has 0 aliphatic carbocycles. The fraction of sp³-hybridized carbons (Fsp3) is 0.400. The Bertz CT molecular complexity index is 347. The van der Waals surface area contributed by atoms with Crippen LogP contribution < -0.4 is 11.1 Å². The second-order valence-electron chi connectivity index (χ2n) is 3.63. The predicted octanol–water partition coefficient (Wildman–Crippen LogP) is 0.138. The van der Waals surface area contributed by atoms with E-state index in [-0.39, 0.29) is 12.5 Å². The fourth-order valence-corrected chi connectivity index (χ4v) is 1.44. The quantitative estimate of drug-likeness (QED) is 0.723. The molecular formula is C10H13N3O2. The Hall–Kier alpha value is -1.46. The van der Waals surface area contributed by atoms with Crippen LogP contribution in [0.1, 0.15) is 6.42 Å². The number of carbonyl (C=O) groups is 1. The smallest absolute Gasteiger partial charge is 0.248 e. The first kappa shape index (κ1) is 10.1. The van der Waals surface area contributed by atoms with E-state index in [1.807, 2.05) is 0 Å². The fourth-order valence-electron chi connectivity index (χ4n) is 1.44. The molecule has 2 heterocycles. The summed E-state index contributed by atoms with van der Waals surface area (Å²) in [5.41, 5.74) is 4.98. The van der Waals surface area contributed by atoms with Crippen LogP contribution in [0, 0.1) is 0 Å². The zero-order valence-corrected chi connectivity index (χ0v) is 8.27. The summed E-state index contributed by atoms with van der Waals surface area (Å²) >= 11 is 0. The molecule has 15 heavy (non-hydrogen) atoms. The molecule has 1 atom stereocenters. The molecule has 1 unspecified atom stereocenters. The number of aromatic nitrogens is 1. The van der Waals surface area contributed by atoms with Crippen LogP contribution in [0.15, 0.2) is 24.4 Å². The molecule has 5 nitrogen and oxygen atoms in total. The van der Waals surface area contributed by atoms with Crippen molar-refractivity contribution in [3.05, 3.63) is 24.4 Å². The third kappa shape index (κ3) is 2.14. The van der Waals surface area contributed by atoms with Gasteiger partial charge in [0.25, 0.3) is 0 Å². The zero-order chi connectivity index (χ0) is 10.7. The molecule has 1 aromatic heterocycles. The summed E-state index contributed by atoms with van der Waals surface area (Å²) in [5.74, 6) is 0.276. The molecule has 3 N–H and O–H groups in total. The highest BCUT2D eigenvalue weighted by atomic mass is 16.5. The molecule has 1 aromatic rings. The van der Waals surface area contributed by atoms with Gasteiger partial charge in [-0.25, -0.2) is 4.98 Å². The highest BCUT2D eigenvalue weighted by Crippen LogP contribution is 2.17. The molecule has 0 saturated carbocycles. The number of pyridine rings is 1. The lowest BCUT2D eigenvalue weighted by Crippen LogP contribution is -2.51. The SMILES string of the molecule is NC1(C(=O)Nc2ccccn2)CCOC1. The topological polar surface area (TPSA) is 77.2 Å². The van der Waals surface area contributed by atoms with Gasteiger partial charge in [-0.15, -0.1) is 0 Å². The van der Waals surface area contributed by atoms with E-state index in [2.05, 4.69) is 10.3 Å². The molecule has 2 rings (SSSR count). The number of nitrogens with zero attached hydrogens (tertiary/aromatic N) is 1. The van der Waals surface area contributed by atoms with Crippen molar-refractivity contribution in [2.24, 2.45) is 5.73 Å². The first-order valence-electron chi connectivity index (χ1n) is 4.80. The monoisotopic (exact) mass is 207 g/mol. The maximum absolute atomic E-state index is 11.8. The second-order valence-corrected chi connectivity index (χ2v) is 3.63. The molecule has 1 amide bonds. The molecule has 0 bridgehead atoms. The molecular weight excluding hydrogens is 194 g/mol.